The fraction of sp³-hybridized carbons (Fsp3) is 0.440. The van der Waals surface area contributed by atoms with Crippen LogP contribution in [0.3, 0.4) is 0 Å². The smallest absolute Gasteiger partial charge is 0.409 e. The van der Waals surface area contributed by atoms with Crippen LogP contribution in [-0.2, 0) is 28.5 Å². The van der Waals surface area contributed by atoms with Gasteiger partial charge in [-0.15, -0.1) is 0 Å². The summed E-state index contributed by atoms with van der Waals surface area (Å²) in [6.07, 6.45) is -0.375. The molecular formula is C25H31NO7. The highest BCUT2D eigenvalue weighted by Crippen LogP contribution is 2.44. The first-order chi connectivity index (χ1) is 16.1. The van der Waals surface area contributed by atoms with E-state index in [4.69, 9.17) is 18.9 Å². The highest BCUT2D eigenvalue weighted by Gasteiger charge is 2.29. The second kappa shape index (κ2) is 12.9. The van der Waals surface area contributed by atoms with Crippen molar-refractivity contribution in [3.8, 4) is 11.1 Å². The van der Waals surface area contributed by atoms with Crippen LogP contribution < -0.4 is 0 Å². The number of benzene rings is 2. The Morgan fingerprint density at radius 2 is 1.36 bits per heavy atom. The maximum atomic E-state index is 12.4. The minimum Gasteiger partial charge on any atom is -0.467 e. The van der Waals surface area contributed by atoms with Crippen LogP contribution in [0.25, 0.3) is 11.1 Å². The lowest BCUT2D eigenvalue weighted by Crippen LogP contribution is -2.32. The predicted molar refractivity (Wildman–Crippen MR) is 122 cm³/mol. The molecule has 1 aliphatic carbocycles. The Balaban J connectivity index is 1.30. The lowest BCUT2D eigenvalue weighted by molar-refractivity contribution is -0.146. The third-order valence-electron chi connectivity index (χ3n) is 5.41. The van der Waals surface area contributed by atoms with Crippen LogP contribution in [0.1, 0.15) is 17.0 Å². The summed E-state index contributed by atoms with van der Waals surface area (Å²) in [5, 5.41) is 0. The summed E-state index contributed by atoms with van der Waals surface area (Å²) in [7, 11) is 3.00. The van der Waals surface area contributed by atoms with E-state index < -0.39 is 5.97 Å². The van der Waals surface area contributed by atoms with Crippen molar-refractivity contribution in [2.45, 2.75) is 5.92 Å². The number of nitrogens with zero attached hydrogens (tertiary/aromatic N) is 1. The molecule has 0 unspecified atom stereocenters. The first kappa shape index (κ1) is 24.7. The Morgan fingerprint density at radius 3 is 1.97 bits per heavy atom. The molecular weight excluding hydrogens is 426 g/mol. The largest absolute Gasteiger partial charge is 0.467 e. The van der Waals surface area contributed by atoms with Crippen LogP contribution in [0.2, 0.25) is 0 Å². The first-order valence-electron chi connectivity index (χ1n) is 11.0. The minimum atomic E-state index is -0.418. The van der Waals surface area contributed by atoms with Gasteiger partial charge in [-0.05, 0) is 22.3 Å². The van der Waals surface area contributed by atoms with Gasteiger partial charge in [0.15, 0.2) is 0 Å². The van der Waals surface area contributed by atoms with Crippen LogP contribution >= 0.6 is 0 Å². The zero-order valence-corrected chi connectivity index (χ0v) is 19.2. The van der Waals surface area contributed by atoms with Gasteiger partial charge in [0.2, 0.25) is 0 Å². The second-order valence-corrected chi connectivity index (χ2v) is 7.58. The van der Waals surface area contributed by atoms with Gasteiger partial charge in [-0.25, -0.2) is 9.59 Å². The summed E-state index contributed by atoms with van der Waals surface area (Å²) < 4.78 is 26.0. The fourth-order valence-corrected chi connectivity index (χ4v) is 3.65. The number of rotatable bonds is 13. The van der Waals surface area contributed by atoms with E-state index in [1.54, 1.807) is 7.05 Å². The van der Waals surface area contributed by atoms with Crippen LogP contribution in [-0.4, -0.2) is 83.9 Å². The molecule has 0 saturated heterocycles. The van der Waals surface area contributed by atoms with E-state index in [0.717, 1.165) is 0 Å². The molecule has 0 fully saturated rings. The van der Waals surface area contributed by atoms with Crippen molar-refractivity contribution in [1.29, 1.82) is 0 Å². The number of hydrogen-bond donors (Lipinski definition) is 0. The van der Waals surface area contributed by atoms with Gasteiger partial charge in [-0.1, -0.05) is 48.5 Å². The van der Waals surface area contributed by atoms with Gasteiger partial charge in [0.05, 0.1) is 40.1 Å². The average molecular weight is 458 g/mol. The van der Waals surface area contributed by atoms with E-state index in [1.807, 2.05) is 24.3 Å². The molecule has 0 aromatic heterocycles. The normalized spacial score (nSPS) is 12.2. The average Bonchev–Trinajstić information content (AvgIpc) is 3.17. The molecule has 8 nitrogen and oxygen atoms in total. The minimum absolute atomic E-state index is 0.0414. The molecule has 0 spiro atoms. The molecule has 0 N–H and O–H groups in total. The van der Waals surface area contributed by atoms with Gasteiger partial charge in [0.1, 0.15) is 13.2 Å². The van der Waals surface area contributed by atoms with Crippen molar-refractivity contribution in [1.82, 2.24) is 4.90 Å². The predicted octanol–water partition coefficient (Wildman–Crippen LogP) is 3.09. The Bertz CT molecular complexity index is 872. The third-order valence-corrected chi connectivity index (χ3v) is 5.41. The summed E-state index contributed by atoms with van der Waals surface area (Å²) in [5.41, 5.74) is 4.78. The van der Waals surface area contributed by atoms with E-state index in [0.29, 0.717) is 46.2 Å². The maximum Gasteiger partial charge on any atom is 0.409 e. The van der Waals surface area contributed by atoms with Crippen molar-refractivity contribution >= 4 is 12.1 Å². The van der Waals surface area contributed by atoms with Crippen molar-refractivity contribution in [2.75, 3.05) is 67.0 Å². The van der Waals surface area contributed by atoms with E-state index >= 15 is 0 Å². The number of hydrogen-bond acceptors (Lipinski definition) is 7. The second-order valence-electron chi connectivity index (χ2n) is 7.58. The number of carbonyl (C=O) groups is 2. The topological polar surface area (TPSA) is 83.5 Å². The zero-order chi connectivity index (χ0) is 23.5. The molecule has 1 aliphatic rings. The van der Waals surface area contributed by atoms with Crippen LogP contribution in [0.5, 0.6) is 0 Å². The van der Waals surface area contributed by atoms with Gasteiger partial charge in [-0.3, -0.25) is 0 Å². The van der Waals surface area contributed by atoms with E-state index in [1.165, 1.54) is 34.3 Å². The molecule has 0 saturated carbocycles. The zero-order valence-electron chi connectivity index (χ0n) is 19.2. The number of methoxy groups -OCH3 is 1. The number of ether oxygens (including phenoxy) is 5. The summed E-state index contributed by atoms with van der Waals surface area (Å²) in [6.45, 7) is 2.47. The lowest BCUT2D eigenvalue weighted by Gasteiger charge is -2.19. The lowest BCUT2D eigenvalue weighted by atomic mass is 9.98. The van der Waals surface area contributed by atoms with Crippen LogP contribution in [0.15, 0.2) is 48.5 Å². The summed E-state index contributed by atoms with van der Waals surface area (Å²) in [6, 6.07) is 16.5. The fourth-order valence-electron chi connectivity index (χ4n) is 3.65. The Labute approximate surface area is 194 Å². The molecule has 2 aromatic rings. The number of esters is 1. The third kappa shape index (κ3) is 7.02. The molecule has 2 aromatic carbocycles. The van der Waals surface area contributed by atoms with Gasteiger partial charge in [-0.2, -0.15) is 0 Å². The van der Waals surface area contributed by atoms with Gasteiger partial charge >= 0.3 is 12.1 Å². The molecule has 33 heavy (non-hydrogen) atoms. The number of likely N-dealkylation sites (N-methyl/N-ethyl adjacent to an activating group) is 1. The summed E-state index contributed by atoms with van der Waals surface area (Å²) in [4.78, 5) is 24.8. The Kier molecular flexibility index (Phi) is 9.68. The van der Waals surface area contributed by atoms with Crippen molar-refractivity contribution in [2.24, 2.45) is 0 Å². The quantitative estimate of drug-likeness (QED) is 0.338. The van der Waals surface area contributed by atoms with Crippen molar-refractivity contribution in [3.63, 3.8) is 0 Å². The maximum absolute atomic E-state index is 12.4. The molecule has 178 valence electrons. The molecule has 0 aliphatic heterocycles. The first-order valence-corrected chi connectivity index (χ1v) is 11.0. The molecule has 1 amide bonds. The molecule has 3 rings (SSSR count). The van der Waals surface area contributed by atoms with Gasteiger partial charge < -0.3 is 28.6 Å². The van der Waals surface area contributed by atoms with E-state index in [-0.39, 0.29) is 18.6 Å². The number of fused-ring (bicyclic) bond motifs is 3. The van der Waals surface area contributed by atoms with Crippen molar-refractivity contribution in [3.05, 3.63) is 59.7 Å². The van der Waals surface area contributed by atoms with Crippen LogP contribution in [0.4, 0.5) is 4.79 Å². The summed E-state index contributed by atoms with van der Waals surface area (Å²) in [5.74, 6) is -0.376. The highest BCUT2D eigenvalue weighted by atomic mass is 16.6. The molecule has 8 heteroatoms. The molecule has 0 radical (unpaired) electrons. The monoisotopic (exact) mass is 457 g/mol. The SMILES string of the molecule is COC(=O)COCCOCCOCCN(C)C(=O)OCC1c2ccccc2-c2ccccc21. The summed E-state index contributed by atoms with van der Waals surface area (Å²) >= 11 is 0. The Morgan fingerprint density at radius 1 is 0.818 bits per heavy atom. The standard InChI is InChI=1S/C25H31NO7/c1-26(11-12-30-13-14-31-15-16-32-18-24(27)29-2)25(28)33-17-23-21-9-5-3-7-19(21)20-8-4-6-10-22(20)23/h3-10,23H,11-18H2,1-2H3. The van der Waals surface area contributed by atoms with E-state index in [9.17, 15) is 9.59 Å². The van der Waals surface area contributed by atoms with Gasteiger partial charge in [0.25, 0.3) is 0 Å². The number of amides is 1. The van der Waals surface area contributed by atoms with Crippen molar-refractivity contribution < 1.29 is 33.3 Å². The molecule has 0 bridgehead atoms. The van der Waals surface area contributed by atoms with E-state index in [2.05, 4.69) is 29.0 Å². The molecule has 0 atom stereocenters. The highest BCUT2D eigenvalue weighted by molar-refractivity contribution is 5.79. The van der Waals surface area contributed by atoms with Crippen LogP contribution in [0, 0.1) is 0 Å². The Hall–Kier alpha value is -2.94. The number of carbonyl (C=O) groups excluding carboxylic acids is 2. The van der Waals surface area contributed by atoms with Gasteiger partial charge in [0, 0.05) is 19.5 Å². The molecule has 0 heterocycles.